The predicted octanol–water partition coefficient (Wildman–Crippen LogP) is 5.05. The molecular formula is C27H28N2O3. The van der Waals surface area contributed by atoms with Crippen molar-refractivity contribution < 1.29 is 14.3 Å². The number of rotatable bonds is 8. The highest BCUT2D eigenvalue weighted by Crippen LogP contribution is 2.22. The van der Waals surface area contributed by atoms with E-state index in [1.165, 1.54) is 0 Å². The van der Waals surface area contributed by atoms with Crippen molar-refractivity contribution in [3.63, 3.8) is 0 Å². The number of carbonyl (C=O) groups excluding carboxylic acids is 2. The van der Waals surface area contributed by atoms with E-state index in [-0.39, 0.29) is 11.8 Å². The molecule has 3 aromatic carbocycles. The van der Waals surface area contributed by atoms with Gasteiger partial charge in [0, 0.05) is 37.3 Å². The average Bonchev–Trinajstić information content (AvgIpc) is 3.28. The van der Waals surface area contributed by atoms with Crippen LogP contribution in [0.3, 0.4) is 0 Å². The van der Waals surface area contributed by atoms with Gasteiger partial charge < -0.3 is 14.5 Å². The summed E-state index contributed by atoms with van der Waals surface area (Å²) in [6, 6.07) is 25.3. The van der Waals surface area contributed by atoms with Crippen LogP contribution in [0.4, 0.5) is 5.69 Å². The first-order valence-corrected chi connectivity index (χ1v) is 11.1. The molecule has 32 heavy (non-hydrogen) atoms. The first kappa shape index (κ1) is 21.6. The molecule has 5 heteroatoms. The lowest BCUT2D eigenvalue weighted by Gasteiger charge is -2.22. The molecular weight excluding hydrogens is 400 g/mol. The van der Waals surface area contributed by atoms with Crippen molar-refractivity contribution in [1.82, 2.24) is 4.90 Å². The highest BCUT2D eigenvalue weighted by molar-refractivity contribution is 5.97. The lowest BCUT2D eigenvalue weighted by atomic mass is 10.1. The Kier molecular flexibility index (Phi) is 6.85. The molecule has 0 spiro atoms. The van der Waals surface area contributed by atoms with Gasteiger partial charge in [0.15, 0.2) is 0 Å². The Bertz CT molecular complexity index is 1050. The third-order valence-electron chi connectivity index (χ3n) is 5.71. The summed E-state index contributed by atoms with van der Waals surface area (Å²) in [7, 11) is 0. The number of anilines is 1. The minimum atomic E-state index is -0.0174. The number of carbonyl (C=O) groups is 2. The van der Waals surface area contributed by atoms with Crippen LogP contribution in [0.25, 0.3) is 0 Å². The predicted molar refractivity (Wildman–Crippen MR) is 126 cm³/mol. The van der Waals surface area contributed by atoms with Gasteiger partial charge >= 0.3 is 0 Å². The van der Waals surface area contributed by atoms with Crippen molar-refractivity contribution >= 4 is 17.5 Å². The summed E-state index contributed by atoms with van der Waals surface area (Å²) in [6.45, 7) is 4.39. The van der Waals surface area contributed by atoms with E-state index < -0.39 is 0 Å². The molecule has 4 rings (SSSR count). The van der Waals surface area contributed by atoms with Crippen molar-refractivity contribution in [3.05, 3.63) is 95.6 Å². The third kappa shape index (κ3) is 5.17. The van der Waals surface area contributed by atoms with Crippen LogP contribution in [0.1, 0.15) is 41.3 Å². The molecule has 0 radical (unpaired) electrons. The van der Waals surface area contributed by atoms with E-state index in [1.807, 2.05) is 90.7 Å². The lowest BCUT2D eigenvalue weighted by molar-refractivity contribution is -0.117. The highest BCUT2D eigenvalue weighted by Gasteiger charge is 2.22. The second kappa shape index (κ2) is 10.1. The van der Waals surface area contributed by atoms with E-state index in [2.05, 4.69) is 0 Å². The molecule has 1 saturated heterocycles. The van der Waals surface area contributed by atoms with Gasteiger partial charge in [0.1, 0.15) is 12.4 Å². The topological polar surface area (TPSA) is 49.9 Å². The lowest BCUT2D eigenvalue weighted by Crippen LogP contribution is -2.30. The number of hydrogen-bond acceptors (Lipinski definition) is 3. The fourth-order valence-corrected chi connectivity index (χ4v) is 3.87. The standard InChI is InChI=1S/C27H28N2O3/c1-2-28(27(31)23-12-14-24(15-13-23)29-18-6-9-26(29)30)19-21-10-16-25(17-11-21)32-20-22-7-4-3-5-8-22/h3-5,7-8,10-17H,2,6,9,18-20H2,1H3. The van der Waals surface area contributed by atoms with Crippen molar-refractivity contribution in [1.29, 1.82) is 0 Å². The van der Waals surface area contributed by atoms with Crippen LogP contribution in [-0.4, -0.2) is 29.8 Å². The second-order valence-electron chi connectivity index (χ2n) is 7.93. The first-order valence-electron chi connectivity index (χ1n) is 11.1. The van der Waals surface area contributed by atoms with Crippen LogP contribution in [0.15, 0.2) is 78.9 Å². The fraction of sp³-hybridized carbons (Fsp3) is 0.259. The molecule has 5 nitrogen and oxygen atoms in total. The van der Waals surface area contributed by atoms with Crippen LogP contribution in [0.5, 0.6) is 5.75 Å². The Morgan fingerprint density at radius 1 is 0.938 bits per heavy atom. The van der Waals surface area contributed by atoms with Gasteiger partial charge in [0.2, 0.25) is 5.91 Å². The molecule has 1 aliphatic heterocycles. The molecule has 0 bridgehead atoms. The van der Waals surface area contributed by atoms with Crippen LogP contribution in [0.2, 0.25) is 0 Å². The average molecular weight is 429 g/mol. The Morgan fingerprint density at radius 3 is 2.28 bits per heavy atom. The molecule has 3 aromatic rings. The molecule has 0 N–H and O–H groups in total. The largest absolute Gasteiger partial charge is 0.489 e. The summed E-state index contributed by atoms with van der Waals surface area (Å²) in [5.74, 6) is 0.936. The van der Waals surface area contributed by atoms with Gasteiger partial charge in [-0.2, -0.15) is 0 Å². The molecule has 164 valence electrons. The van der Waals surface area contributed by atoms with E-state index in [1.54, 1.807) is 4.90 Å². The zero-order valence-electron chi connectivity index (χ0n) is 18.4. The smallest absolute Gasteiger partial charge is 0.254 e. The number of amides is 2. The van der Waals surface area contributed by atoms with Crippen LogP contribution >= 0.6 is 0 Å². The molecule has 1 heterocycles. The Balaban J connectivity index is 1.36. The van der Waals surface area contributed by atoms with E-state index >= 15 is 0 Å². The molecule has 0 atom stereocenters. The van der Waals surface area contributed by atoms with Crippen LogP contribution in [0, 0.1) is 0 Å². The van der Waals surface area contributed by atoms with Crippen molar-refractivity contribution in [3.8, 4) is 5.75 Å². The maximum Gasteiger partial charge on any atom is 0.254 e. The first-order chi connectivity index (χ1) is 15.6. The van der Waals surface area contributed by atoms with Crippen molar-refractivity contribution in [2.75, 3.05) is 18.0 Å². The van der Waals surface area contributed by atoms with Gasteiger partial charge in [0.05, 0.1) is 0 Å². The summed E-state index contributed by atoms with van der Waals surface area (Å²) in [5.41, 5.74) is 3.66. The molecule has 0 saturated carbocycles. The van der Waals surface area contributed by atoms with Gasteiger partial charge in [-0.1, -0.05) is 42.5 Å². The van der Waals surface area contributed by atoms with E-state index in [9.17, 15) is 9.59 Å². The summed E-state index contributed by atoms with van der Waals surface area (Å²) in [5, 5.41) is 0. The minimum absolute atomic E-state index is 0.0174. The van der Waals surface area contributed by atoms with Gasteiger partial charge in [0.25, 0.3) is 5.91 Å². The summed E-state index contributed by atoms with van der Waals surface area (Å²) >= 11 is 0. The molecule has 2 amide bonds. The maximum absolute atomic E-state index is 13.0. The summed E-state index contributed by atoms with van der Waals surface area (Å²) in [4.78, 5) is 28.6. The molecule has 0 unspecified atom stereocenters. The summed E-state index contributed by atoms with van der Waals surface area (Å²) in [6.07, 6.45) is 1.49. The van der Waals surface area contributed by atoms with Crippen LogP contribution < -0.4 is 9.64 Å². The number of nitrogens with zero attached hydrogens (tertiary/aromatic N) is 2. The zero-order chi connectivity index (χ0) is 22.3. The monoisotopic (exact) mass is 428 g/mol. The van der Waals surface area contributed by atoms with Crippen molar-refractivity contribution in [2.24, 2.45) is 0 Å². The summed E-state index contributed by atoms with van der Waals surface area (Å²) < 4.78 is 5.85. The van der Waals surface area contributed by atoms with Gasteiger partial charge in [-0.3, -0.25) is 9.59 Å². The normalized spacial score (nSPS) is 13.3. The Hall–Kier alpha value is -3.60. The molecule has 1 fully saturated rings. The molecule has 0 aliphatic carbocycles. The van der Waals surface area contributed by atoms with Crippen molar-refractivity contribution in [2.45, 2.75) is 32.9 Å². The number of hydrogen-bond donors (Lipinski definition) is 0. The van der Waals surface area contributed by atoms with Gasteiger partial charge in [-0.25, -0.2) is 0 Å². The second-order valence-corrected chi connectivity index (χ2v) is 7.93. The zero-order valence-corrected chi connectivity index (χ0v) is 18.4. The molecule has 0 aromatic heterocycles. The maximum atomic E-state index is 13.0. The van der Waals surface area contributed by atoms with E-state index in [0.717, 1.165) is 35.5 Å². The quantitative estimate of drug-likeness (QED) is 0.504. The van der Waals surface area contributed by atoms with E-state index in [0.29, 0.717) is 31.7 Å². The van der Waals surface area contributed by atoms with E-state index in [4.69, 9.17) is 4.74 Å². The van der Waals surface area contributed by atoms with Crippen LogP contribution in [-0.2, 0) is 17.9 Å². The Labute approximate surface area is 189 Å². The SMILES string of the molecule is CCN(Cc1ccc(OCc2ccccc2)cc1)C(=O)c1ccc(N2CCCC2=O)cc1. The van der Waals surface area contributed by atoms with Gasteiger partial charge in [-0.05, 0) is 60.9 Å². The highest BCUT2D eigenvalue weighted by atomic mass is 16.5. The molecule has 1 aliphatic rings. The fourth-order valence-electron chi connectivity index (χ4n) is 3.87. The number of ether oxygens (including phenoxy) is 1. The Morgan fingerprint density at radius 2 is 1.66 bits per heavy atom. The van der Waals surface area contributed by atoms with Gasteiger partial charge in [-0.15, -0.1) is 0 Å². The number of benzene rings is 3. The minimum Gasteiger partial charge on any atom is -0.489 e. The third-order valence-corrected chi connectivity index (χ3v) is 5.71.